The Labute approximate surface area is 160 Å². The maximum absolute atomic E-state index is 13.0. The predicted octanol–water partition coefficient (Wildman–Crippen LogP) is 1.45. The minimum atomic E-state index is -0.489. The number of likely N-dealkylation sites (N-methyl/N-ethyl adjacent to an activating group) is 1. The smallest absolute Gasteiger partial charge is 0.253 e. The summed E-state index contributed by atoms with van der Waals surface area (Å²) >= 11 is 0. The third-order valence-electron chi connectivity index (χ3n) is 5.66. The van der Waals surface area contributed by atoms with Crippen LogP contribution in [0.15, 0.2) is 24.5 Å². The van der Waals surface area contributed by atoms with E-state index in [9.17, 15) is 14.4 Å². The van der Waals surface area contributed by atoms with Crippen LogP contribution in [0.2, 0.25) is 0 Å². The third kappa shape index (κ3) is 4.12. The van der Waals surface area contributed by atoms with Crippen molar-refractivity contribution in [3.63, 3.8) is 0 Å². The summed E-state index contributed by atoms with van der Waals surface area (Å²) < 4.78 is 0. The van der Waals surface area contributed by atoms with Crippen molar-refractivity contribution in [2.75, 3.05) is 19.6 Å². The van der Waals surface area contributed by atoms with Crippen LogP contribution in [0.25, 0.3) is 0 Å². The second kappa shape index (κ2) is 8.50. The van der Waals surface area contributed by atoms with Gasteiger partial charge in [-0.25, -0.2) is 0 Å². The van der Waals surface area contributed by atoms with Crippen molar-refractivity contribution in [2.24, 2.45) is 5.92 Å². The van der Waals surface area contributed by atoms with Gasteiger partial charge in [0.1, 0.15) is 6.04 Å². The van der Waals surface area contributed by atoms with E-state index in [-0.39, 0.29) is 29.7 Å². The molecule has 3 rings (SSSR count). The molecule has 1 saturated carbocycles. The molecule has 7 nitrogen and oxygen atoms in total. The van der Waals surface area contributed by atoms with Gasteiger partial charge in [0.25, 0.3) is 5.91 Å². The molecule has 7 heteroatoms. The number of hydrogen-bond donors (Lipinski definition) is 1. The molecule has 0 aromatic carbocycles. The van der Waals surface area contributed by atoms with Gasteiger partial charge in [-0.1, -0.05) is 6.42 Å². The molecule has 2 atom stereocenters. The Balaban J connectivity index is 1.73. The Bertz CT molecular complexity index is 686. The molecule has 0 radical (unpaired) electrons. The molecule has 146 valence electrons. The number of rotatable bonds is 6. The molecule has 2 fully saturated rings. The number of aromatic nitrogens is 1. The van der Waals surface area contributed by atoms with Crippen molar-refractivity contribution < 1.29 is 14.4 Å². The van der Waals surface area contributed by atoms with E-state index in [1.54, 1.807) is 28.1 Å². The Morgan fingerprint density at radius 1 is 1.26 bits per heavy atom. The average Bonchev–Trinajstić information content (AvgIpc) is 3.05. The Morgan fingerprint density at radius 2 is 2.00 bits per heavy atom. The lowest BCUT2D eigenvalue weighted by Crippen LogP contribution is -2.50. The summed E-state index contributed by atoms with van der Waals surface area (Å²) in [6, 6.07) is 2.69. The van der Waals surface area contributed by atoms with E-state index < -0.39 is 6.04 Å². The highest BCUT2D eigenvalue weighted by Gasteiger charge is 2.44. The van der Waals surface area contributed by atoms with E-state index in [4.69, 9.17) is 0 Å². The SMILES string of the molecule is CCN(CC)C(=O)[C@@H]1C[C@@H](NC(=O)c2cccnc2)CN1C(=O)C1CCC1. The van der Waals surface area contributed by atoms with Gasteiger partial charge in [0, 0.05) is 44.0 Å². The molecule has 1 N–H and O–H groups in total. The summed E-state index contributed by atoms with van der Waals surface area (Å²) in [5, 5.41) is 2.97. The van der Waals surface area contributed by atoms with Crippen molar-refractivity contribution in [3.8, 4) is 0 Å². The summed E-state index contributed by atoms with van der Waals surface area (Å²) in [5.41, 5.74) is 0.480. The van der Waals surface area contributed by atoms with E-state index in [1.807, 2.05) is 13.8 Å². The molecule has 2 aliphatic rings. The van der Waals surface area contributed by atoms with Crippen molar-refractivity contribution in [2.45, 2.75) is 51.6 Å². The molecule has 1 aliphatic heterocycles. The summed E-state index contributed by atoms with van der Waals surface area (Å²) in [6.45, 7) is 5.50. The molecule has 1 aliphatic carbocycles. The van der Waals surface area contributed by atoms with Crippen LogP contribution in [0.3, 0.4) is 0 Å². The lowest BCUT2D eigenvalue weighted by Gasteiger charge is -2.34. The Morgan fingerprint density at radius 3 is 2.56 bits per heavy atom. The van der Waals surface area contributed by atoms with Crippen LogP contribution in [-0.2, 0) is 9.59 Å². The van der Waals surface area contributed by atoms with Crippen molar-refractivity contribution in [1.29, 1.82) is 0 Å². The Hall–Kier alpha value is -2.44. The summed E-state index contributed by atoms with van der Waals surface area (Å²) in [7, 11) is 0. The maximum Gasteiger partial charge on any atom is 0.253 e. The molecule has 0 spiro atoms. The van der Waals surface area contributed by atoms with Gasteiger partial charge in [0.15, 0.2) is 0 Å². The van der Waals surface area contributed by atoms with Gasteiger partial charge < -0.3 is 15.1 Å². The largest absolute Gasteiger partial charge is 0.347 e. The zero-order valence-corrected chi connectivity index (χ0v) is 16.1. The maximum atomic E-state index is 13.0. The van der Waals surface area contributed by atoms with Crippen LogP contribution in [0.1, 0.15) is 49.9 Å². The summed E-state index contributed by atoms with van der Waals surface area (Å²) in [4.78, 5) is 45.7. The van der Waals surface area contributed by atoms with E-state index in [1.165, 1.54) is 6.20 Å². The number of likely N-dealkylation sites (tertiary alicyclic amines) is 1. The molecule has 0 unspecified atom stereocenters. The van der Waals surface area contributed by atoms with Crippen LogP contribution in [0.5, 0.6) is 0 Å². The molecule has 1 aromatic rings. The zero-order chi connectivity index (χ0) is 19.4. The first-order chi connectivity index (χ1) is 13.0. The van der Waals surface area contributed by atoms with Crippen LogP contribution in [0.4, 0.5) is 0 Å². The molecule has 1 saturated heterocycles. The van der Waals surface area contributed by atoms with Gasteiger partial charge in [0.05, 0.1) is 5.56 Å². The lowest BCUT2D eigenvalue weighted by molar-refractivity contribution is -0.147. The number of amides is 3. The number of hydrogen-bond acceptors (Lipinski definition) is 4. The summed E-state index contributed by atoms with van der Waals surface area (Å²) in [5.74, 6) is -0.152. The van der Waals surface area contributed by atoms with E-state index >= 15 is 0 Å². The first-order valence-electron chi connectivity index (χ1n) is 9.85. The van der Waals surface area contributed by atoms with Gasteiger partial charge in [-0.3, -0.25) is 19.4 Å². The van der Waals surface area contributed by atoms with Crippen LogP contribution < -0.4 is 5.32 Å². The minimum absolute atomic E-state index is 0.0224. The number of pyridine rings is 1. The fraction of sp³-hybridized carbons (Fsp3) is 0.600. The highest BCUT2D eigenvalue weighted by Crippen LogP contribution is 2.32. The first kappa shape index (κ1) is 19.3. The van der Waals surface area contributed by atoms with E-state index in [2.05, 4.69) is 10.3 Å². The molecule has 3 amide bonds. The molecule has 0 bridgehead atoms. The quantitative estimate of drug-likeness (QED) is 0.819. The highest BCUT2D eigenvalue weighted by atomic mass is 16.2. The fourth-order valence-corrected chi connectivity index (χ4v) is 3.82. The highest BCUT2D eigenvalue weighted by molar-refractivity contribution is 5.94. The number of nitrogens with zero attached hydrogens (tertiary/aromatic N) is 3. The van der Waals surface area contributed by atoms with Crippen molar-refractivity contribution in [1.82, 2.24) is 20.1 Å². The van der Waals surface area contributed by atoms with Gasteiger partial charge in [0.2, 0.25) is 11.8 Å². The standard InChI is InChI=1S/C20H28N4O3/c1-3-23(4-2)20(27)17-11-16(13-24(17)19(26)14-7-5-8-14)22-18(25)15-9-6-10-21-12-15/h6,9-10,12,14,16-17H,3-5,7-8,11,13H2,1-2H3,(H,22,25)/t16-,17+/m1/s1. The van der Waals surface area contributed by atoms with E-state index in [0.717, 1.165) is 19.3 Å². The second-order valence-corrected chi connectivity index (χ2v) is 7.29. The van der Waals surface area contributed by atoms with Gasteiger partial charge >= 0.3 is 0 Å². The molecule has 27 heavy (non-hydrogen) atoms. The molecular formula is C20H28N4O3. The molecule has 1 aromatic heterocycles. The van der Waals surface area contributed by atoms with Crippen LogP contribution >= 0.6 is 0 Å². The average molecular weight is 372 g/mol. The zero-order valence-electron chi connectivity index (χ0n) is 16.1. The van der Waals surface area contributed by atoms with Gasteiger partial charge in [-0.2, -0.15) is 0 Å². The van der Waals surface area contributed by atoms with Gasteiger partial charge in [-0.15, -0.1) is 0 Å². The second-order valence-electron chi connectivity index (χ2n) is 7.29. The normalized spacial score (nSPS) is 22.2. The van der Waals surface area contributed by atoms with Crippen LogP contribution in [0, 0.1) is 5.92 Å². The fourth-order valence-electron chi connectivity index (χ4n) is 3.82. The Kier molecular flexibility index (Phi) is 6.08. The monoisotopic (exact) mass is 372 g/mol. The van der Waals surface area contributed by atoms with Crippen molar-refractivity contribution in [3.05, 3.63) is 30.1 Å². The van der Waals surface area contributed by atoms with Crippen molar-refractivity contribution >= 4 is 17.7 Å². The third-order valence-corrected chi connectivity index (χ3v) is 5.66. The minimum Gasteiger partial charge on any atom is -0.347 e. The predicted molar refractivity (Wildman–Crippen MR) is 101 cm³/mol. The first-order valence-corrected chi connectivity index (χ1v) is 9.85. The summed E-state index contributed by atoms with van der Waals surface area (Å²) in [6.07, 6.45) is 6.45. The van der Waals surface area contributed by atoms with Gasteiger partial charge in [-0.05, 0) is 45.2 Å². The number of nitrogens with one attached hydrogen (secondary N) is 1. The lowest BCUT2D eigenvalue weighted by atomic mass is 9.84. The topological polar surface area (TPSA) is 82.6 Å². The number of carbonyl (C=O) groups is 3. The molecular weight excluding hydrogens is 344 g/mol. The molecule has 2 heterocycles. The number of carbonyl (C=O) groups excluding carboxylic acids is 3. The van der Waals surface area contributed by atoms with Crippen LogP contribution in [-0.4, -0.2) is 64.2 Å². The van der Waals surface area contributed by atoms with E-state index in [0.29, 0.717) is 31.6 Å².